The van der Waals surface area contributed by atoms with Crippen LogP contribution < -0.4 is 5.73 Å². The van der Waals surface area contributed by atoms with E-state index in [1.165, 1.54) is 0 Å². The summed E-state index contributed by atoms with van der Waals surface area (Å²) in [6, 6.07) is 5.37. The molecule has 20 heavy (non-hydrogen) atoms. The number of hydrogen-bond acceptors (Lipinski definition) is 3. The van der Waals surface area contributed by atoms with Crippen molar-refractivity contribution in [1.29, 1.82) is 0 Å². The van der Waals surface area contributed by atoms with Gasteiger partial charge in [-0.05, 0) is 24.1 Å². The Morgan fingerprint density at radius 1 is 1.30 bits per heavy atom. The van der Waals surface area contributed by atoms with Gasteiger partial charge in [0.15, 0.2) is 0 Å². The highest BCUT2D eigenvalue weighted by atomic mass is 19.4. The zero-order valence-corrected chi connectivity index (χ0v) is 10.8. The molecule has 0 atom stereocenters. The molecule has 0 radical (unpaired) electrons. The molecule has 1 aromatic carbocycles. The van der Waals surface area contributed by atoms with E-state index in [1.54, 1.807) is 16.7 Å². The predicted octanol–water partition coefficient (Wildman–Crippen LogP) is 2.33. The molecule has 0 aliphatic carbocycles. The number of fused-ring (bicyclic) bond motifs is 1. The van der Waals surface area contributed by atoms with Crippen LogP contribution in [-0.2, 0) is 19.7 Å². The largest absolute Gasteiger partial charge is 0.389 e. The number of nitrogens with two attached hydrogens (primary N) is 1. The molecule has 0 aliphatic heterocycles. The molecule has 2 aromatic rings. The van der Waals surface area contributed by atoms with Gasteiger partial charge in [0.2, 0.25) is 0 Å². The number of benzene rings is 1. The van der Waals surface area contributed by atoms with Crippen LogP contribution in [0.3, 0.4) is 0 Å². The number of halogens is 3. The molecule has 110 valence electrons. The molecule has 0 bridgehead atoms. The van der Waals surface area contributed by atoms with Gasteiger partial charge in [-0.25, -0.2) is 4.98 Å². The van der Waals surface area contributed by atoms with Crippen LogP contribution in [0.5, 0.6) is 0 Å². The Hall–Kier alpha value is -1.60. The zero-order valence-electron chi connectivity index (χ0n) is 10.8. The van der Waals surface area contributed by atoms with Gasteiger partial charge >= 0.3 is 6.18 Å². The molecule has 0 saturated carbocycles. The van der Waals surface area contributed by atoms with Crippen molar-refractivity contribution in [3.63, 3.8) is 0 Å². The first-order valence-corrected chi connectivity index (χ1v) is 6.30. The van der Waals surface area contributed by atoms with Gasteiger partial charge in [0.05, 0.1) is 11.0 Å². The van der Waals surface area contributed by atoms with Crippen molar-refractivity contribution in [3.05, 3.63) is 29.6 Å². The number of hydrogen-bond donors (Lipinski definition) is 2. The predicted molar refractivity (Wildman–Crippen MR) is 68.8 cm³/mol. The lowest BCUT2D eigenvalue weighted by Gasteiger charge is -2.09. The van der Waals surface area contributed by atoms with E-state index in [0.29, 0.717) is 23.4 Å². The fourth-order valence-electron chi connectivity index (χ4n) is 2.16. The number of aliphatic hydroxyl groups is 1. The van der Waals surface area contributed by atoms with Crippen molar-refractivity contribution in [2.45, 2.75) is 38.7 Å². The molecular formula is C13H16F3N3O. The number of imidazole rings is 1. The second-order valence-electron chi connectivity index (χ2n) is 4.58. The number of alkyl halides is 3. The highest BCUT2D eigenvalue weighted by Crippen LogP contribution is 2.24. The maximum Gasteiger partial charge on any atom is 0.389 e. The van der Waals surface area contributed by atoms with Crippen molar-refractivity contribution in [3.8, 4) is 0 Å². The van der Waals surface area contributed by atoms with Crippen LogP contribution in [0.4, 0.5) is 13.2 Å². The van der Waals surface area contributed by atoms with E-state index in [1.807, 2.05) is 6.07 Å². The quantitative estimate of drug-likeness (QED) is 0.887. The van der Waals surface area contributed by atoms with E-state index in [2.05, 4.69) is 4.98 Å². The maximum absolute atomic E-state index is 12.2. The second kappa shape index (κ2) is 5.80. The Balaban J connectivity index is 2.26. The standard InChI is InChI=1S/C13H16F3N3O/c14-13(15,16)4-1-5-19-11-3-2-9(7-17)6-10(11)18-12(19)8-20/h2-3,6,20H,1,4-5,7-8,17H2. The molecule has 7 heteroatoms. The summed E-state index contributed by atoms with van der Waals surface area (Å²) in [5.41, 5.74) is 7.79. The Bertz CT molecular complexity index is 592. The Labute approximate surface area is 114 Å². The number of rotatable bonds is 5. The molecule has 0 spiro atoms. The second-order valence-corrected chi connectivity index (χ2v) is 4.58. The van der Waals surface area contributed by atoms with Crippen molar-refractivity contribution >= 4 is 11.0 Å². The van der Waals surface area contributed by atoms with Crippen LogP contribution in [0.2, 0.25) is 0 Å². The SMILES string of the molecule is NCc1ccc2c(c1)nc(CO)n2CCCC(F)(F)F. The number of aliphatic hydroxyl groups excluding tert-OH is 1. The number of aromatic nitrogens is 2. The molecule has 1 aromatic heterocycles. The smallest absolute Gasteiger partial charge is 0.388 e. The third-order valence-electron chi connectivity index (χ3n) is 3.11. The van der Waals surface area contributed by atoms with Crippen LogP contribution >= 0.6 is 0 Å². The average molecular weight is 287 g/mol. The van der Waals surface area contributed by atoms with E-state index in [-0.39, 0.29) is 19.6 Å². The van der Waals surface area contributed by atoms with Crippen molar-refractivity contribution in [2.24, 2.45) is 5.73 Å². The molecule has 0 unspecified atom stereocenters. The van der Waals surface area contributed by atoms with Crippen LogP contribution in [0.25, 0.3) is 11.0 Å². The van der Waals surface area contributed by atoms with Crippen LogP contribution in [0.1, 0.15) is 24.2 Å². The topological polar surface area (TPSA) is 64.1 Å². The highest BCUT2D eigenvalue weighted by molar-refractivity contribution is 5.76. The fraction of sp³-hybridized carbons (Fsp3) is 0.462. The third kappa shape index (κ3) is 3.29. The minimum atomic E-state index is -4.16. The number of nitrogens with zero attached hydrogens (tertiary/aromatic N) is 2. The molecule has 0 aliphatic rings. The van der Waals surface area contributed by atoms with Crippen LogP contribution in [0, 0.1) is 0 Å². The first-order valence-electron chi connectivity index (χ1n) is 6.30. The van der Waals surface area contributed by atoms with E-state index in [9.17, 15) is 18.3 Å². The Kier molecular flexibility index (Phi) is 4.29. The van der Waals surface area contributed by atoms with Crippen LogP contribution in [0.15, 0.2) is 18.2 Å². The maximum atomic E-state index is 12.2. The van der Waals surface area contributed by atoms with Gasteiger partial charge in [0, 0.05) is 19.5 Å². The molecular weight excluding hydrogens is 271 g/mol. The van der Waals surface area contributed by atoms with E-state index in [4.69, 9.17) is 5.73 Å². The summed E-state index contributed by atoms with van der Waals surface area (Å²) < 4.78 is 38.2. The van der Waals surface area contributed by atoms with Gasteiger partial charge in [0.1, 0.15) is 12.4 Å². The molecule has 0 saturated heterocycles. The lowest BCUT2D eigenvalue weighted by Crippen LogP contribution is -2.10. The Morgan fingerprint density at radius 2 is 2.05 bits per heavy atom. The molecule has 1 heterocycles. The first kappa shape index (κ1) is 14.8. The van der Waals surface area contributed by atoms with Gasteiger partial charge in [-0.15, -0.1) is 0 Å². The van der Waals surface area contributed by atoms with E-state index < -0.39 is 12.6 Å². The van der Waals surface area contributed by atoms with Gasteiger partial charge in [0.25, 0.3) is 0 Å². The summed E-state index contributed by atoms with van der Waals surface area (Å²) >= 11 is 0. The lowest BCUT2D eigenvalue weighted by molar-refractivity contribution is -0.135. The summed E-state index contributed by atoms with van der Waals surface area (Å²) in [5.74, 6) is 0.372. The van der Waals surface area contributed by atoms with Gasteiger partial charge in [-0.2, -0.15) is 13.2 Å². The summed E-state index contributed by atoms with van der Waals surface area (Å²) in [6.45, 7) is 0.234. The minimum absolute atomic E-state index is 0.0411. The normalized spacial score (nSPS) is 12.2. The molecule has 0 amide bonds. The summed E-state index contributed by atoms with van der Waals surface area (Å²) in [4.78, 5) is 4.23. The first-order chi connectivity index (χ1) is 9.44. The van der Waals surface area contributed by atoms with E-state index >= 15 is 0 Å². The summed E-state index contributed by atoms with van der Waals surface area (Å²) in [5, 5.41) is 9.27. The summed E-state index contributed by atoms with van der Waals surface area (Å²) in [7, 11) is 0. The minimum Gasteiger partial charge on any atom is -0.388 e. The lowest BCUT2D eigenvalue weighted by atomic mass is 10.2. The molecule has 3 N–H and O–H groups in total. The van der Waals surface area contributed by atoms with E-state index in [0.717, 1.165) is 5.56 Å². The van der Waals surface area contributed by atoms with Crippen molar-refractivity contribution < 1.29 is 18.3 Å². The fourth-order valence-corrected chi connectivity index (χ4v) is 2.16. The monoisotopic (exact) mass is 287 g/mol. The highest BCUT2D eigenvalue weighted by Gasteiger charge is 2.26. The third-order valence-corrected chi connectivity index (χ3v) is 3.11. The van der Waals surface area contributed by atoms with Gasteiger partial charge < -0.3 is 15.4 Å². The Morgan fingerprint density at radius 3 is 2.65 bits per heavy atom. The zero-order chi connectivity index (χ0) is 14.8. The van der Waals surface area contributed by atoms with Crippen LogP contribution in [-0.4, -0.2) is 20.8 Å². The van der Waals surface area contributed by atoms with Crippen molar-refractivity contribution in [2.75, 3.05) is 0 Å². The molecule has 0 fully saturated rings. The molecule has 2 rings (SSSR count). The molecule has 4 nitrogen and oxygen atoms in total. The number of aryl methyl sites for hydroxylation is 1. The van der Waals surface area contributed by atoms with Gasteiger partial charge in [-0.3, -0.25) is 0 Å². The summed E-state index contributed by atoms with van der Waals surface area (Å²) in [6.07, 6.45) is -5.05. The van der Waals surface area contributed by atoms with Crippen molar-refractivity contribution in [1.82, 2.24) is 9.55 Å². The average Bonchev–Trinajstić information content (AvgIpc) is 2.74. The van der Waals surface area contributed by atoms with Gasteiger partial charge in [-0.1, -0.05) is 6.07 Å².